The SMILES string of the molecule is COc1cc(OC)c2c(c1)C1CCNCC1CN2C. The van der Waals surface area contributed by atoms with Crippen molar-refractivity contribution in [2.75, 3.05) is 45.8 Å². The van der Waals surface area contributed by atoms with Crippen LogP contribution in [0.5, 0.6) is 11.5 Å². The fourth-order valence-electron chi connectivity index (χ4n) is 3.53. The quantitative estimate of drug-likeness (QED) is 0.882. The van der Waals surface area contributed by atoms with Crippen molar-refractivity contribution < 1.29 is 9.47 Å². The molecule has 2 aliphatic heterocycles. The normalized spacial score (nSPS) is 25.5. The molecule has 1 N–H and O–H groups in total. The van der Waals surface area contributed by atoms with Crippen LogP contribution in [0.25, 0.3) is 0 Å². The molecule has 0 radical (unpaired) electrons. The summed E-state index contributed by atoms with van der Waals surface area (Å²) in [4.78, 5) is 2.32. The molecule has 2 heterocycles. The zero-order valence-corrected chi connectivity index (χ0v) is 11.9. The van der Waals surface area contributed by atoms with Gasteiger partial charge in [0, 0.05) is 26.2 Å². The molecular formula is C15H22N2O2. The van der Waals surface area contributed by atoms with E-state index in [0.29, 0.717) is 11.8 Å². The lowest BCUT2D eigenvalue weighted by molar-refractivity contribution is 0.312. The van der Waals surface area contributed by atoms with Gasteiger partial charge in [0.15, 0.2) is 0 Å². The smallest absolute Gasteiger partial charge is 0.146 e. The minimum Gasteiger partial charge on any atom is -0.497 e. The van der Waals surface area contributed by atoms with E-state index in [2.05, 4.69) is 23.3 Å². The largest absolute Gasteiger partial charge is 0.497 e. The summed E-state index contributed by atoms with van der Waals surface area (Å²) >= 11 is 0. The Hall–Kier alpha value is -1.42. The number of fused-ring (bicyclic) bond motifs is 3. The van der Waals surface area contributed by atoms with Gasteiger partial charge in [-0.05, 0) is 36.4 Å². The van der Waals surface area contributed by atoms with Gasteiger partial charge in [-0.2, -0.15) is 0 Å². The second-order valence-corrected chi connectivity index (χ2v) is 5.51. The summed E-state index contributed by atoms with van der Waals surface area (Å²) in [6, 6.07) is 4.17. The number of methoxy groups -OCH3 is 2. The van der Waals surface area contributed by atoms with Gasteiger partial charge in [-0.15, -0.1) is 0 Å². The van der Waals surface area contributed by atoms with E-state index < -0.39 is 0 Å². The maximum absolute atomic E-state index is 5.57. The highest BCUT2D eigenvalue weighted by molar-refractivity contribution is 5.69. The molecule has 0 bridgehead atoms. The Balaban J connectivity index is 2.11. The standard InChI is InChI=1S/C15H22N2O2/c1-17-9-10-8-16-5-4-12(10)13-6-11(18-2)7-14(19-3)15(13)17/h6-7,10,12,16H,4-5,8-9H2,1-3H3. The number of nitrogens with one attached hydrogen (secondary N) is 1. The first-order chi connectivity index (χ1) is 9.24. The molecule has 1 aromatic rings. The number of hydrogen-bond donors (Lipinski definition) is 1. The van der Waals surface area contributed by atoms with Crippen molar-refractivity contribution in [3.63, 3.8) is 0 Å². The van der Waals surface area contributed by atoms with Crippen molar-refractivity contribution in [2.24, 2.45) is 5.92 Å². The Kier molecular flexibility index (Phi) is 3.27. The summed E-state index contributed by atoms with van der Waals surface area (Å²) in [5.41, 5.74) is 2.63. The fraction of sp³-hybridized carbons (Fsp3) is 0.600. The van der Waals surface area contributed by atoms with E-state index in [-0.39, 0.29) is 0 Å². The minimum absolute atomic E-state index is 0.622. The molecule has 4 nitrogen and oxygen atoms in total. The second-order valence-electron chi connectivity index (χ2n) is 5.51. The average Bonchev–Trinajstić information content (AvgIpc) is 2.46. The predicted octanol–water partition coefficient (Wildman–Crippen LogP) is 1.85. The number of rotatable bonds is 2. The first kappa shape index (κ1) is 12.6. The van der Waals surface area contributed by atoms with E-state index in [1.807, 2.05) is 6.07 Å². The topological polar surface area (TPSA) is 33.7 Å². The lowest BCUT2D eigenvalue weighted by Gasteiger charge is -2.43. The molecular weight excluding hydrogens is 240 g/mol. The van der Waals surface area contributed by atoms with Gasteiger partial charge in [0.25, 0.3) is 0 Å². The molecule has 1 aromatic carbocycles. The van der Waals surface area contributed by atoms with Crippen molar-refractivity contribution >= 4 is 5.69 Å². The summed E-state index contributed by atoms with van der Waals surface area (Å²) in [5.74, 6) is 3.12. The Labute approximate surface area is 114 Å². The monoisotopic (exact) mass is 262 g/mol. The molecule has 19 heavy (non-hydrogen) atoms. The van der Waals surface area contributed by atoms with Gasteiger partial charge in [-0.3, -0.25) is 0 Å². The molecule has 0 aromatic heterocycles. The predicted molar refractivity (Wildman–Crippen MR) is 76.5 cm³/mol. The molecule has 2 aliphatic rings. The van der Waals surface area contributed by atoms with Crippen LogP contribution in [0.15, 0.2) is 12.1 Å². The first-order valence-corrected chi connectivity index (χ1v) is 6.92. The van der Waals surface area contributed by atoms with E-state index in [0.717, 1.165) is 31.1 Å². The van der Waals surface area contributed by atoms with Gasteiger partial charge in [0.2, 0.25) is 0 Å². The third kappa shape index (κ3) is 2.04. The van der Waals surface area contributed by atoms with E-state index in [4.69, 9.17) is 9.47 Å². The van der Waals surface area contributed by atoms with Gasteiger partial charge in [-0.25, -0.2) is 0 Å². The summed E-state index contributed by atoms with van der Waals surface area (Å²) in [5, 5.41) is 3.50. The third-order valence-electron chi connectivity index (χ3n) is 4.43. The number of anilines is 1. The van der Waals surface area contributed by atoms with Crippen LogP contribution in [0, 0.1) is 5.92 Å². The highest BCUT2D eigenvalue weighted by atomic mass is 16.5. The van der Waals surface area contributed by atoms with E-state index in [9.17, 15) is 0 Å². The van der Waals surface area contributed by atoms with Crippen molar-refractivity contribution in [2.45, 2.75) is 12.3 Å². The van der Waals surface area contributed by atoms with Crippen LogP contribution in [-0.2, 0) is 0 Å². The number of piperidine rings is 1. The fourth-order valence-corrected chi connectivity index (χ4v) is 3.53. The number of ether oxygens (including phenoxy) is 2. The first-order valence-electron chi connectivity index (χ1n) is 6.92. The summed E-state index contributed by atoms with van der Waals surface area (Å²) < 4.78 is 11.0. The maximum Gasteiger partial charge on any atom is 0.146 e. The minimum atomic E-state index is 0.622. The lowest BCUT2D eigenvalue weighted by atomic mass is 9.77. The molecule has 104 valence electrons. The Morgan fingerprint density at radius 1 is 1.26 bits per heavy atom. The molecule has 0 saturated carbocycles. The maximum atomic E-state index is 5.57. The van der Waals surface area contributed by atoms with Gasteiger partial charge in [-0.1, -0.05) is 0 Å². The third-order valence-corrected chi connectivity index (χ3v) is 4.43. The number of benzene rings is 1. The summed E-state index contributed by atoms with van der Waals surface area (Å²) in [6.07, 6.45) is 1.20. The van der Waals surface area contributed by atoms with Crippen molar-refractivity contribution in [1.29, 1.82) is 0 Å². The van der Waals surface area contributed by atoms with E-state index in [1.54, 1.807) is 14.2 Å². The molecule has 0 spiro atoms. The van der Waals surface area contributed by atoms with Crippen LogP contribution in [0.4, 0.5) is 5.69 Å². The zero-order chi connectivity index (χ0) is 13.4. The lowest BCUT2D eigenvalue weighted by Crippen LogP contribution is -2.45. The van der Waals surface area contributed by atoms with Crippen molar-refractivity contribution in [1.82, 2.24) is 5.32 Å². The van der Waals surface area contributed by atoms with Gasteiger partial charge in [0.1, 0.15) is 11.5 Å². The molecule has 2 unspecified atom stereocenters. The molecule has 4 heteroatoms. The van der Waals surface area contributed by atoms with Crippen LogP contribution in [0.3, 0.4) is 0 Å². The van der Waals surface area contributed by atoms with Crippen molar-refractivity contribution in [3.8, 4) is 11.5 Å². The number of nitrogens with zero attached hydrogens (tertiary/aromatic N) is 1. The van der Waals surface area contributed by atoms with Crippen LogP contribution < -0.4 is 19.7 Å². The Morgan fingerprint density at radius 2 is 2.11 bits per heavy atom. The molecule has 3 rings (SSSR count). The van der Waals surface area contributed by atoms with Crippen LogP contribution >= 0.6 is 0 Å². The van der Waals surface area contributed by atoms with E-state index >= 15 is 0 Å². The summed E-state index contributed by atoms with van der Waals surface area (Å²) in [6.45, 7) is 3.30. The molecule has 2 atom stereocenters. The van der Waals surface area contributed by atoms with Gasteiger partial charge >= 0.3 is 0 Å². The molecule has 1 fully saturated rings. The second kappa shape index (κ2) is 4.93. The van der Waals surface area contributed by atoms with Crippen LogP contribution in [0.2, 0.25) is 0 Å². The highest BCUT2D eigenvalue weighted by Gasteiger charge is 2.35. The molecule has 0 amide bonds. The van der Waals surface area contributed by atoms with E-state index in [1.165, 1.54) is 17.7 Å². The van der Waals surface area contributed by atoms with Crippen LogP contribution in [0.1, 0.15) is 17.9 Å². The Morgan fingerprint density at radius 3 is 2.84 bits per heavy atom. The highest BCUT2D eigenvalue weighted by Crippen LogP contribution is 2.47. The van der Waals surface area contributed by atoms with Crippen LogP contribution in [-0.4, -0.2) is 40.9 Å². The van der Waals surface area contributed by atoms with Gasteiger partial charge in [0.05, 0.1) is 19.9 Å². The zero-order valence-electron chi connectivity index (χ0n) is 11.9. The van der Waals surface area contributed by atoms with Gasteiger partial charge < -0.3 is 19.7 Å². The number of hydrogen-bond acceptors (Lipinski definition) is 4. The van der Waals surface area contributed by atoms with Crippen molar-refractivity contribution in [3.05, 3.63) is 17.7 Å². The average molecular weight is 262 g/mol. The molecule has 1 saturated heterocycles. The Bertz CT molecular complexity index is 475. The molecule has 0 aliphatic carbocycles. The summed E-state index contributed by atoms with van der Waals surface area (Å²) in [7, 11) is 5.60.